The van der Waals surface area contributed by atoms with Gasteiger partial charge in [0.05, 0.1) is 18.2 Å². The van der Waals surface area contributed by atoms with Gasteiger partial charge in [0.25, 0.3) is 5.91 Å². The molecule has 0 spiro atoms. The predicted molar refractivity (Wildman–Crippen MR) is 113 cm³/mol. The maximum Gasteiger partial charge on any atom is 0.358 e. The lowest BCUT2D eigenvalue weighted by molar-refractivity contribution is 0.0514. The van der Waals surface area contributed by atoms with Crippen LogP contribution in [0.4, 0.5) is 5.82 Å². The third-order valence-electron chi connectivity index (χ3n) is 3.82. The Kier molecular flexibility index (Phi) is 6.77. The highest BCUT2D eigenvalue weighted by atomic mass is 35.5. The minimum atomic E-state index is -0.543. The third-order valence-corrected chi connectivity index (χ3v) is 5.84. The Morgan fingerprint density at radius 1 is 1.29 bits per heavy atom. The molecule has 0 bridgehead atoms. The van der Waals surface area contributed by atoms with Crippen LogP contribution in [0.5, 0.6) is 0 Å². The quantitative estimate of drug-likeness (QED) is 0.426. The molecule has 2 aromatic heterocycles. The summed E-state index contributed by atoms with van der Waals surface area (Å²) in [6.45, 7) is 2.37. The first-order chi connectivity index (χ1) is 13.5. The molecule has 1 amide bonds. The van der Waals surface area contributed by atoms with Gasteiger partial charge < -0.3 is 14.6 Å². The molecule has 6 nitrogen and oxygen atoms in total. The normalized spacial score (nSPS) is 10.7. The van der Waals surface area contributed by atoms with Gasteiger partial charge in [-0.2, -0.15) is 0 Å². The SMILES string of the molecule is CCOC(=O)c1c(NC(=O)c2sccc2Cl)nc(SC)n1Cc1ccccc1. The average Bonchev–Trinajstić information content (AvgIpc) is 3.26. The number of carbonyl (C=O) groups excluding carboxylic acids is 2. The fourth-order valence-corrected chi connectivity index (χ4v) is 4.21. The van der Waals surface area contributed by atoms with E-state index in [2.05, 4.69) is 10.3 Å². The number of esters is 1. The number of hydrogen-bond acceptors (Lipinski definition) is 6. The summed E-state index contributed by atoms with van der Waals surface area (Å²) in [4.78, 5) is 30.1. The molecule has 0 aliphatic rings. The molecule has 0 saturated carbocycles. The Balaban J connectivity index is 2.02. The lowest BCUT2D eigenvalue weighted by Gasteiger charge is -2.11. The van der Waals surface area contributed by atoms with Crippen LogP contribution in [0.1, 0.15) is 32.6 Å². The minimum Gasteiger partial charge on any atom is -0.461 e. The first-order valence-electron chi connectivity index (χ1n) is 8.45. The summed E-state index contributed by atoms with van der Waals surface area (Å²) in [7, 11) is 0. The van der Waals surface area contributed by atoms with Crippen molar-refractivity contribution in [3.8, 4) is 0 Å². The second-order valence-electron chi connectivity index (χ2n) is 5.64. The molecule has 0 radical (unpaired) electrons. The van der Waals surface area contributed by atoms with Crippen molar-refractivity contribution in [2.45, 2.75) is 18.6 Å². The number of thioether (sulfide) groups is 1. The smallest absolute Gasteiger partial charge is 0.358 e. The van der Waals surface area contributed by atoms with Gasteiger partial charge in [0.1, 0.15) is 4.88 Å². The zero-order valence-corrected chi connectivity index (χ0v) is 17.7. The highest BCUT2D eigenvalue weighted by Gasteiger charge is 2.26. The van der Waals surface area contributed by atoms with Crippen molar-refractivity contribution in [2.24, 2.45) is 0 Å². The summed E-state index contributed by atoms with van der Waals surface area (Å²) in [5.41, 5.74) is 1.20. The molecule has 0 unspecified atom stereocenters. The third kappa shape index (κ3) is 4.40. The molecule has 2 heterocycles. The van der Waals surface area contributed by atoms with Crippen LogP contribution in [0, 0.1) is 0 Å². The number of nitrogens with one attached hydrogen (secondary N) is 1. The van der Waals surface area contributed by atoms with Gasteiger partial charge in [-0.05, 0) is 30.2 Å². The standard InChI is InChI=1S/C19H18ClN3O3S2/c1-3-26-18(25)14-16(21-17(24)15-13(20)9-10-28-15)22-19(27-2)23(14)11-12-7-5-4-6-8-12/h4-10H,3,11H2,1-2H3,(H,21,24). The number of rotatable bonds is 7. The Hall–Kier alpha value is -2.29. The van der Waals surface area contributed by atoms with E-state index >= 15 is 0 Å². The van der Waals surface area contributed by atoms with Crippen molar-refractivity contribution in [2.75, 3.05) is 18.2 Å². The molecule has 0 aliphatic heterocycles. The van der Waals surface area contributed by atoms with E-state index in [1.165, 1.54) is 23.1 Å². The van der Waals surface area contributed by atoms with Crippen LogP contribution in [0.15, 0.2) is 46.9 Å². The molecule has 0 aliphatic carbocycles. The van der Waals surface area contributed by atoms with E-state index in [1.807, 2.05) is 36.6 Å². The number of thiophene rings is 1. The number of ether oxygens (including phenoxy) is 1. The van der Waals surface area contributed by atoms with Gasteiger partial charge in [0.2, 0.25) is 0 Å². The summed E-state index contributed by atoms with van der Waals surface area (Å²) < 4.78 is 6.97. The van der Waals surface area contributed by atoms with E-state index in [-0.39, 0.29) is 18.1 Å². The second kappa shape index (κ2) is 9.27. The molecule has 146 valence electrons. The first kappa shape index (κ1) is 20.4. The summed E-state index contributed by atoms with van der Waals surface area (Å²) in [6, 6.07) is 11.4. The van der Waals surface area contributed by atoms with E-state index in [4.69, 9.17) is 16.3 Å². The number of anilines is 1. The summed E-state index contributed by atoms with van der Waals surface area (Å²) >= 11 is 8.66. The van der Waals surface area contributed by atoms with Gasteiger partial charge in [0.15, 0.2) is 16.7 Å². The van der Waals surface area contributed by atoms with Crippen LogP contribution < -0.4 is 5.32 Å². The molecule has 1 N–H and O–H groups in total. The first-order valence-corrected chi connectivity index (χ1v) is 10.9. The average molecular weight is 436 g/mol. The van der Waals surface area contributed by atoms with Crippen molar-refractivity contribution in [1.29, 1.82) is 0 Å². The Morgan fingerprint density at radius 3 is 2.64 bits per heavy atom. The summed E-state index contributed by atoms with van der Waals surface area (Å²) in [5, 5.41) is 5.39. The monoisotopic (exact) mass is 435 g/mol. The van der Waals surface area contributed by atoms with Crippen molar-refractivity contribution in [3.63, 3.8) is 0 Å². The maximum absolute atomic E-state index is 12.7. The van der Waals surface area contributed by atoms with Crippen LogP contribution >= 0.6 is 34.7 Å². The van der Waals surface area contributed by atoms with Crippen LogP contribution in [0.2, 0.25) is 5.02 Å². The number of hydrogen-bond donors (Lipinski definition) is 1. The van der Waals surface area contributed by atoms with E-state index in [1.54, 1.807) is 22.9 Å². The molecule has 9 heteroatoms. The molecule has 28 heavy (non-hydrogen) atoms. The molecular weight excluding hydrogens is 418 g/mol. The highest BCUT2D eigenvalue weighted by molar-refractivity contribution is 7.98. The Bertz CT molecular complexity index is 986. The number of amides is 1. The van der Waals surface area contributed by atoms with Gasteiger partial charge in [-0.15, -0.1) is 11.3 Å². The largest absolute Gasteiger partial charge is 0.461 e. The van der Waals surface area contributed by atoms with Gasteiger partial charge in [-0.25, -0.2) is 9.78 Å². The number of halogens is 1. The van der Waals surface area contributed by atoms with Gasteiger partial charge in [-0.3, -0.25) is 4.79 Å². The molecular formula is C19H18ClN3O3S2. The summed E-state index contributed by atoms with van der Waals surface area (Å²) in [6.07, 6.45) is 1.86. The van der Waals surface area contributed by atoms with Crippen LogP contribution in [0.25, 0.3) is 0 Å². The van der Waals surface area contributed by atoms with Gasteiger partial charge in [0, 0.05) is 0 Å². The molecule has 3 rings (SSSR count). The highest BCUT2D eigenvalue weighted by Crippen LogP contribution is 2.28. The maximum atomic E-state index is 12.7. The van der Waals surface area contributed by atoms with E-state index in [0.29, 0.717) is 21.6 Å². The second-order valence-corrected chi connectivity index (χ2v) is 7.74. The van der Waals surface area contributed by atoms with Crippen molar-refractivity contribution in [1.82, 2.24) is 9.55 Å². The fourth-order valence-electron chi connectivity index (χ4n) is 2.61. The van der Waals surface area contributed by atoms with E-state index in [0.717, 1.165) is 5.56 Å². The minimum absolute atomic E-state index is 0.160. The van der Waals surface area contributed by atoms with Crippen LogP contribution in [0.3, 0.4) is 0 Å². The number of benzene rings is 1. The van der Waals surface area contributed by atoms with Gasteiger partial charge in [-0.1, -0.05) is 53.7 Å². The molecule has 0 fully saturated rings. The number of nitrogens with zero attached hydrogens (tertiary/aromatic N) is 2. The number of imidazole rings is 1. The van der Waals surface area contributed by atoms with E-state index < -0.39 is 11.9 Å². The predicted octanol–water partition coefficient (Wildman–Crippen LogP) is 4.80. The zero-order valence-electron chi connectivity index (χ0n) is 15.3. The fraction of sp³-hybridized carbons (Fsp3) is 0.211. The Labute approximate surface area is 175 Å². The molecule has 1 aromatic carbocycles. The Morgan fingerprint density at radius 2 is 2.04 bits per heavy atom. The number of carbonyl (C=O) groups is 2. The van der Waals surface area contributed by atoms with Crippen molar-refractivity contribution >= 4 is 52.4 Å². The van der Waals surface area contributed by atoms with Gasteiger partial charge >= 0.3 is 5.97 Å². The molecule has 0 saturated heterocycles. The van der Waals surface area contributed by atoms with Crippen molar-refractivity contribution in [3.05, 3.63) is 62.9 Å². The summed E-state index contributed by atoms with van der Waals surface area (Å²) in [5.74, 6) is -0.797. The topological polar surface area (TPSA) is 73.2 Å². The number of aromatic nitrogens is 2. The van der Waals surface area contributed by atoms with E-state index in [9.17, 15) is 9.59 Å². The van der Waals surface area contributed by atoms with Crippen LogP contribution in [-0.4, -0.2) is 34.3 Å². The lowest BCUT2D eigenvalue weighted by atomic mass is 10.2. The molecule has 3 aromatic rings. The zero-order chi connectivity index (χ0) is 20.1. The van der Waals surface area contributed by atoms with Crippen molar-refractivity contribution < 1.29 is 14.3 Å². The van der Waals surface area contributed by atoms with Crippen LogP contribution in [-0.2, 0) is 11.3 Å². The molecule has 0 atom stereocenters. The lowest BCUT2D eigenvalue weighted by Crippen LogP contribution is -2.18.